The summed E-state index contributed by atoms with van der Waals surface area (Å²) in [5.74, 6) is 0.689. The monoisotopic (exact) mass is 211 g/mol. The second kappa shape index (κ2) is 5.38. The van der Waals surface area contributed by atoms with Crippen LogP contribution in [0.4, 0.5) is 0 Å². The van der Waals surface area contributed by atoms with Crippen molar-refractivity contribution in [2.24, 2.45) is 0 Å². The number of nitriles is 1. The molecule has 1 rings (SSSR count). The van der Waals surface area contributed by atoms with Crippen LogP contribution in [0.15, 0.2) is 42.0 Å². The van der Waals surface area contributed by atoms with Gasteiger partial charge in [0.1, 0.15) is 11.6 Å². The summed E-state index contributed by atoms with van der Waals surface area (Å²) in [4.78, 5) is 10.7. The lowest BCUT2D eigenvalue weighted by Crippen LogP contribution is -2.01. The zero-order valence-corrected chi connectivity index (χ0v) is 8.42. The molecule has 0 radical (unpaired) electrons. The van der Waals surface area contributed by atoms with Crippen molar-refractivity contribution < 1.29 is 9.90 Å². The molecule has 1 aromatic carbocycles. The predicted octanol–water partition coefficient (Wildman–Crippen LogP) is 1.94. The molecule has 1 atom stereocenters. The summed E-state index contributed by atoms with van der Waals surface area (Å²) in [6.07, 6.45) is 6.59. The van der Waals surface area contributed by atoms with E-state index in [0.717, 1.165) is 5.56 Å². The first-order valence-electron chi connectivity index (χ1n) is 4.55. The highest BCUT2D eigenvalue weighted by molar-refractivity contribution is 5.91. The van der Waals surface area contributed by atoms with Gasteiger partial charge in [0.2, 0.25) is 0 Å². The third-order valence-electron chi connectivity index (χ3n) is 2.02. The Balaban J connectivity index is 3.08. The van der Waals surface area contributed by atoms with Gasteiger partial charge in [-0.1, -0.05) is 36.3 Å². The number of allylic oxidation sites excluding steroid dienone is 1. The molecule has 3 nitrogen and oxygen atoms in total. The number of carbonyl (C=O) groups is 1. The van der Waals surface area contributed by atoms with Crippen molar-refractivity contribution in [3.63, 3.8) is 0 Å². The number of carboxylic acid groups (broad SMARTS) is 1. The molecule has 0 saturated heterocycles. The summed E-state index contributed by atoms with van der Waals surface area (Å²) >= 11 is 0. The van der Waals surface area contributed by atoms with E-state index in [1.807, 2.05) is 6.07 Å². The Labute approximate surface area is 93.6 Å². The van der Waals surface area contributed by atoms with Gasteiger partial charge in [-0.15, -0.1) is 6.42 Å². The Bertz CT molecular complexity index is 489. The van der Waals surface area contributed by atoms with Crippen LogP contribution in [0, 0.1) is 23.7 Å². The Hall–Kier alpha value is -2.52. The Morgan fingerprint density at radius 2 is 2.06 bits per heavy atom. The smallest absolute Gasteiger partial charge is 0.346 e. The van der Waals surface area contributed by atoms with Crippen LogP contribution in [-0.4, -0.2) is 11.1 Å². The summed E-state index contributed by atoms with van der Waals surface area (Å²) < 4.78 is 0. The number of carboxylic acids is 1. The minimum Gasteiger partial charge on any atom is -0.477 e. The van der Waals surface area contributed by atoms with Gasteiger partial charge in [0, 0.05) is 0 Å². The number of rotatable bonds is 3. The van der Waals surface area contributed by atoms with Crippen molar-refractivity contribution in [1.29, 1.82) is 5.26 Å². The van der Waals surface area contributed by atoms with Crippen LogP contribution in [-0.2, 0) is 4.79 Å². The fourth-order valence-electron chi connectivity index (χ4n) is 1.22. The molecule has 16 heavy (non-hydrogen) atoms. The third kappa shape index (κ3) is 2.73. The Morgan fingerprint density at radius 3 is 2.50 bits per heavy atom. The molecular formula is C13H9NO2. The van der Waals surface area contributed by atoms with E-state index in [4.69, 9.17) is 16.8 Å². The first kappa shape index (κ1) is 11.6. The van der Waals surface area contributed by atoms with Crippen molar-refractivity contribution in [1.82, 2.24) is 0 Å². The summed E-state index contributed by atoms with van der Waals surface area (Å²) in [7, 11) is 0. The standard InChI is InChI=1S/C13H9NO2/c1-2-10(8-12(9-14)13(15)16)11-6-4-3-5-7-11/h1,3-8,10H,(H,15,16). The molecular weight excluding hydrogens is 202 g/mol. The van der Waals surface area contributed by atoms with Crippen LogP contribution in [0.5, 0.6) is 0 Å². The van der Waals surface area contributed by atoms with E-state index in [0.29, 0.717) is 0 Å². The van der Waals surface area contributed by atoms with Crippen LogP contribution >= 0.6 is 0 Å². The maximum absolute atomic E-state index is 10.7. The van der Waals surface area contributed by atoms with E-state index >= 15 is 0 Å². The highest BCUT2D eigenvalue weighted by Gasteiger charge is 2.11. The van der Waals surface area contributed by atoms with E-state index < -0.39 is 11.9 Å². The summed E-state index contributed by atoms with van der Waals surface area (Å²) in [5, 5.41) is 17.3. The lowest BCUT2D eigenvalue weighted by Gasteiger charge is -2.05. The summed E-state index contributed by atoms with van der Waals surface area (Å²) in [5.41, 5.74) is 0.450. The first-order chi connectivity index (χ1) is 7.69. The van der Waals surface area contributed by atoms with Gasteiger partial charge in [-0.05, 0) is 11.6 Å². The van der Waals surface area contributed by atoms with Crippen LogP contribution in [0.25, 0.3) is 0 Å². The lowest BCUT2D eigenvalue weighted by molar-refractivity contribution is -0.132. The average Bonchev–Trinajstić information content (AvgIpc) is 2.31. The predicted molar refractivity (Wildman–Crippen MR) is 59.3 cm³/mol. The van der Waals surface area contributed by atoms with Crippen molar-refractivity contribution >= 4 is 5.97 Å². The normalized spacial score (nSPS) is 12.2. The molecule has 0 saturated carbocycles. The van der Waals surface area contributed by atoms with Gasteiger partial charge in [-0.3, -0.25) is 0 Å². The zero-order chi connectivity index (χ0) is 12.0. The highest BCUT2D eigenvalue weighted by Crippen LogP contribution is 2.17. The molecule has 0 bridgehead atoms. The lowest BCUT2D eigenvalue weighted by atomic mass is 9.97. The number of hydrogen-bond donors (Lipinski definition) is 1. The number of hydrogen-bond acceptors (Lipinski definition) is 2. The van der Waals surface area contributed by atoms with Crippen LogP contribution < -0.4 is 0 Å². The van der Waals surface area contributed by atoms with E-state index in [1.54, 1.807) is 30.3 Å². The Kier molecular flexibility index (Phi) is 3.89. The van der Waals surface area contributed by atoms with Gasteiger partial charge in [0.15, 0.2) is 0 Å². The third-order valence-corrected chi connectivity index (χ3v) is 2.02. The molecule has 0 aliphatic carbocycles. The molecule has 3 heteroatoms. The molecule has 0 aliphatic heterocycles. The minimum atomic E-state index is -1.27. The topological polar surface area (TPSA) is 61.1 Å². The van der Waals surface area contributed by atoms with E-state index in [-0.39, 0.29) is 5.57 Å². The molecule has 78 valence electrons. The van der Waals surface area contributed by atoms with Crippen LogP contribution in [0.2, 0.25) is 0 Å². The quantitative estimate of drug-likeness (QED) is 0.472. The minimum absolute atomic E-state index is 0.341. The molecule has 0 fully saturated rings. The van der Waals surface area contributed by atoms with E-state index in [1.165, 1.54) is 6.08 Å². The molecule has 0 aliphatic rings. The highest BCUT2D eigenvalue weighted by atomic mass is 16.4. The largest absolute Gasteiger partial charge is 0.477 e. The van der Waals surface area contributed by atoms with Crippen LogP contribution in [0.3, 0.4) is 0 Å². The molecule has 1 N–H and O–H groups in total. The molecule has 1 unspecified atom stereocenters. The van der Waals surface area contributed by atoms with Crippen LogP contribution in [0.1, 0.15) is 11.5 Å². The molecule has 1 aromatic rings. The molecule has 0 aromatic heterocycles. The number of aliphatic carboxylic acids is 1. The van der Waals surface area contributed by atoms with E-state index in [2.05, 4.69) is 5.92 Å². The van der Waals surface area contributed by atoms with Gasteiger partial charge in [0.25, 0.3) is 0 Å². The number of nitrogens with zero attached hydrogens (tertiary/aromatic N) is 1. The zero-order valence-electron chi connectivity index (χ0n) is 8.42. The molecule has 0 amide bonds. The second-order valence-corrected chi connectivity index (χ2v) is 3.05. The fourth-order valence-corrected chi connectivity index (χ4v) is 1.22. The maximum Gasteiger partial charge on any atom is 0.346 e. The SMILES string of the molecule is C#CC(C=C(C#N)C(=O)O)c1ccccc1. The van der Waals surface area contributed by atoms with Gasteiger partial charge < -0.3 is 5.11 Å². The van der Waals surface area contributed by atoms with Crippen molar-refractivity contribution in [3.8, 4) is 18.4 Å². The summed E-state index contributed by atoms with van der Waals surface area (Å²) in [6, 6.07) is 10.6. The maximum atomic E-state index is 10.7. The molecule has 0 heterocycles. The summed E-state index contributed by atoms with van der Waals surface area (Å²) in [6.45, 7) is 0. The van der Waals surface area contributed by atoms with Crippen molar-refractivity contribution in [3.05, 3.63) is 47.5 Å². The van der Waals surface area contributed by atoms with Gasteiger partial charge in [-0.25, -0.2) is 4.79 Å². The average molecular weight is 211 g/mol. The van der Waals surface area contributed by atoms with E-state index in [9.17, 15) is 4.79 Å². The number of terminal acetylenes is 1. The first-order valence-corrected chi connectivity index (χ1v) is 4.55. The van der Waals surface area contributed by atoms with Gasteiger partial charge in [-0.2, -0.15) is 5.26 Å². The van der Waals surface area contributed by atoms with Gasteiger partial charge >= 0.3 is 5.97 Å². The number of benzene rings is 1. The van der Waals surface area contributed by atoms with Crippen molar-refractivity contribution in [2.45, 2.75) is 5.92 Å². The van der Waals surface area contributed by atoms with Gasteiger partial charge in [0.05, 0.1) is 5.92 Å². The Morgan fingerprint density at radius 1 is 1.44 bits per heavy atom. The fraction of sp³-hybridized carbons (Fsp3) is 0.0769. The van der Waals surface area contributed by atoms with Crippen molar-refractivity contribution in [2.75, 3.05) is 0 Å². The second-order valence-electron chi connectivity index (χ2n) is 3.05. The molecule has 0 spiro atoms.